The van der Waals surface area contributed by atoms with Crippen LogP contribution in [0.1, 0.15) is 42.9 Å². The van der Waals surface area contributed by atoms with Crippen molar-refractivity contribution in [3.05, 3.63) is 102 Å². The lowest BCUT2D eigenvalue weighted by Gasteiger charge is -2.30. The Labute approximate surface area is 283 Å². The van der Waals surface area contributed by atoms with Crippen LogP contribution in [-0.4, -0.2) is 46.6 Å². The second-order valence-corrected chi connectivity index (χ2v) is 12.8. The third-order valence-electron chi connectivity index (χ3n) is 8.65. The number of carbonyl (C=O) groups excluding carboxylic acids is 3. The smallest absolute Gasteiger partial charge is 0.315 e. The SMILES string of the molecule is CSc1ccccc1C1CCCN1C(=O)C(CCC(=O)Nc1ccc2cc3ccc(N)cc3nc2c1)NC(=O)NCc1ccc(N)cc1. The molecule has 1 aliphatic rings. The van der Waals surface area contributed by atoms with Crippen molar-refractivity contribution in [3.63, 3.8) is 0 Å². The first-order valence-corrected chi connectivity index (χ1v) is 17.2. The average Bonchev–Trinajstić information content (AvgIpc) is 3.58. The third kappa shape index (κ3) is 7.63. The summed E-state index contributed by atoms with van der Waals surface area (Å²) in [5, 5.41) is 10.6. The Morgan fingerprint density at radius 2 is 1.65 bits per heavy atom. The molecule has 2 heterocycles. The fraction of sp³-hybridized carbons (Fsp3) is 0.243. The van der Waals surface area contributed by atoms with Crippen molar-refractivity contribution in [1.82, 2.24) is 20.5 Å². The molecule has 1 aromatic heterocycles. The summed E-state index contributed by atoms with van der Waals surface area (Å²) in [4.78, 5) is 48.2. The molecule has 4 aromatic carbocycles. The number of rotatable bonds is 10. The Kier molecular flexibility index (Phi) is 9.96. The summed E-state index contributed by atoms with van der Waals surface area (Å²) in [6, 6.07) is 27.0. The Morgan fingerprint density at radius 1 is 0.917 bits per heavy atom. The number of likely N-dealkylation sites (tertiary alicyclic amines) is 1. The van der Waals surface area contributed by atoms with Gasteiger partial charge in [0.15, 0.2) is 0 Å². The van der Waals surface area contributed by atoms with Crippen molar-refractivity contribution in [2.24, 2.45) is 0 Å². The Balaban J connectivity index is 1.16. The second-order valence-electron chi connectivity index (χ2n) is 12.0. The molecule has 0 saturated carbocycles. The zero-order valence-corrected chi connectivity index (χ0v) is 27.6. The topological polar surface area (TPSA) is 155 Å². The van der Waals surface area contributed by atoms with E-state index in [9.17, 15) is 14.4 Å². The summed E-state index contributed by atoms with van der Waals surface area (Å²) in [7, 11) is 0. The normalized spacial score (nSPS) is 14.9. The van der Waals surface area contributed by atoms with Crippen LogP contribution < -0.4 is 27.4 Å². The maximum atomic E-state index is 14.1. The van der Waals surface area contributed by atoms with Crippen molar-refractivity contribution in [3.8, 4) is 0 Å². The van der Waals surface area contributed by atoms with Crippen LogP contribution in [0.4, 0.5) is 21.9 Å². The van der Waals surface area contributed by atoms with Crippen molar-refractivity contribution in [1.29, 1.82) is 0 Å². The van der Waals surface area contributed by atoms with E-state index in [2.05, 4.69) is 28.1 Å². The molecule has 0 spiro atoms. The van der Waals surface area contributed by atoms with Crippen LogP contribution in [0.2, 0.25) is 0 Å². The number of fused-ring (bicyclic) bond motifs is 2. The monoisotopic (exact) mass is 661 g/mol. The molecule has 5 aromatic rings. The molecule has 4 amide bonds. The number of nitrogens with zero attached hydrogens (tertiary/aromatic N) is 2. The van der Waals surface area contributed by atoms with Gasteiger partial charge >= 0.3 is 6.03 Å². The van der Waals surface area contributed by atoms with E-state index in [1.165, 1.54) is 0 Å². The number of nitrogen functional groups attached to an aromatic ring is 2. The van der Waals surface area contributed by atoms with Crippen LogP contribution in [0, 0.1) is 0 Å². The van der Waals surface area contributed by atoms with Gasteiger partial charge in [-0.3, -0.25) is 9.59 Å². The van der Waals surface area contributed by atoms with E-state index in [1.54, 1.807) is 23.9 Å². The van der Waals surface area contributed by atoms with Gasteiger partial charge in [-0.05, 0) is 85.2 Å². The predicted octanol–water partition coefficient (Wildman–Crippen LogP) is 6.22. The number of anilines is 3. The molecule has 1 fully saturated rings. The number of aromatic nitrogens is 1. The van der Waals surface area contributed by atoms with Crippen LogP contribution >= 0.6 is 11.8 Å². The molecule has 0 radical (unpaired) electrons. The van der Waals surface area contributed by atoms with Gasteiger partial charge in [0, 0.05) is 52.2 Å². The maximum absolute atomic E-state index is 14.1. The first kappa shape index (κ1) is 32.6. The van der Waals surface area contributed by atoms with Gasteiger partial charge in [0.25, 0.3) is 0 Å². The highest BCUT2D eigenvalue weighted by atomic mass is 32.2. The molecular formula is C37H39N7O3S. The number of carbonyl (C=O) groups is 3. The summed E-state index contributed by atoms with van der Waals surface area (Å²) in [5.74, 6) is -0.475. The summed E-state index contributed by atoms with van der Waals surface area (Å²) in [6.07, 6.45) is 3.86. The Morgan fingerprint density at radius 3 is 2.44 bits per heavy atom. The minimum Gasteiger partial charge on any atom is -0.399 e. The molecule has 11 heteroatoms. The lowest BCUT2D eigenvalue weighted by Crippen LogP contribution is -2.51. The molecule has 1 aliphatic heterocycles. The van der Waals surface area contributed by atoms with Crippen molar-refractivity contribution in [2.75, 3.05) is 29.6 Å². The Bertz CT molecular complexity index is 1970. The van der Waals surface area contributed by atoms with Crippen LogP contribution in [0.25, 0.3) is 21.8 Å². The van der Waals surface area contributed by atoms with Crippen LogP contribution in [0.15, 0.2) is 95.9 Å². The highest BCUT2D eigenvalue weighted by Crippen LogP contribution is 2.37. The largest absolute Gasteiger partial charge is 0.399 e. The van der Waals surface area contributed by atoms with Gasteiger partial charge < -0.3 is 32.3 Å². The number of thioether (sulfide) groups is 1. The molecule has 2 unspecified atom stereocenters. The molecule has 1 saturated heterocycles. The number of hydrogen-bond donors (Lipinski definition) is 5. The van der Waals surface area contributed by atoms with E-state index in [1.807, 2.05) is 77.9 Å². The van der Waals surface area contributed by atoms with Crippen molar-refractivity contribution < 1.29 is 14.4 Å². The van der Waals surface area contributed by atoms with Gasteiger partial charge in [0.1, 0.15) is 6.04 Å². The van der Waals surface area contributed by atoms with E-state index in [0.717, 1.165) is 50.7 Å². The minimum absolute atomic E-state index is 0.0221. The number of amides is 4. The van der Waals surface area contributed by atoms with Gasteiger partial charge in [-0.1, -0.05) is 42.5 Å². The molecule has 0 aliphatic carbocycles. The van der Waals surface area contributed by atoms with Crippen LogP contribution in [0.5, 0.6) is 0 Å². The summed E-state index contributed by atoms with van der Waals surface area (Å²) in [5.41, 5.74) is 17.1. The molecule has 2 atom stereocenters. The van der Waals surface area contributed by atoms with Gasteiger partial charge in [-0.2, -0.15) is 0 Å². The first-order chi connectivity index (χ1) is 23.3. The lowest BCUT2D eigenvalue weighted by atomic mass is 10.0. The number of hydrogen-bond acceptors (Lipinski definition) is 7. The summed E-state index contributed by atoms with van der Waals surface area (Å²) in [6.45, 7) is 0.840. The van der Waals surface area contributed by atoms with Gasteiger partial charge in [-0.25, -0.2) is 9.78 Å². The summed E-state index contributed by atoms with van der Waals surface area (Å²) >= 11 is 1.65. The predicted molar refractivity (Wildman–Crippen MR) is 193 cm³/mol. The molecular weight excluding hydrogens is 623 g/mol. The highest BCUT2D eigenvalue weighted by molar-refractivity contribution is 7.98. The number of urea groups is 1. The molecule has 246 valence electrons. The van der Waals surface area contributed by atoms with E-state index in [4.69, 9.17) is 16.5 Å². The minimum atomic E-state index is -0.903. The van der Waals surface area contributed by atoms with Gasteiger partial charge in [0.2, 0.25) is 11.8 Å². The maximum Gasteiger partial charge on any atom is 0.315 e. The highest BCUT2D eigenvalue weighted by Gasteiger charge is 2.35. The molecule has 7 N–H and O–H groups in total. The molecule has 10 nitrogen and oxygen atoms in total. The van der Waals surface area contributed by atoms with E-state index >= 15 is 0 Å². The summed E-state index contributed by atoms with van der Waals surface area (Å²) < 4.78 is 0. The quantitative estimate of drug-likeness (QED) is 0.0676. The zero-order valence-electron chi connectivity index (χ0n) is 26.7. The molecule has 0 bridgehead atoms. The zero-order chi connectivity index (χ0) is 33.6. The van der Waals surface area contributed by atoms with Crippen LogP contribution in [-0.2, 0) is 16.1 Å². The fourth-order valence-corrected chi connectivity index (χ4v) is 6.85. The fourth-order valence-electron chi connectivity index (χ4n) is 6.20. The van der Waals surface area contributed by atoms with Gasteiger partial charge in [0.05, 0.1) is 17.1 Å². The number of nitrogens with one attached hydrogen (secondary N) is 3. The lowest BCUT2D eigenvalue weighted by molar-refractivity contribution is -0.134. The number of pyridine rings is 1. The van der Waals surface area contributed by atoms with Crippen LogP contribution in [0.3, 0.4) is 0 Å². The molecule has 6 rings (SSSR count). The van der Waals surface area contributed by atoms with E-state index in [0.29, 0.717) is 23.6 Å². The number of nitrogens with two attached hydrogens (primary N) is 2. The van der Waals surface area contributed by atoms with Gasteiger partial charge in [-0.15, -0.1) is 11.8 Å². The molecule has 48 heavy (non-hydrogen) atoms. The first-order valence-electron chi connectivity index (χ1n) is 16.0. The van der Waals surface area contributed by atoms with Crippen molar-refractivity contribution in [2.45, 2.75) is 49.2 Å². The second kappa shape index (κ2) is 14.6. The van der Waals surface area contributed by atoms with E-state index < -0.39 is 12.1 Å². The third-order valence-corrected chi connectivity index (χ3v) is 9.46. The Hall–Kier alpha value is -5.29. The average molecular weight is 662 g/mol. The number of benzene rings is 4. The standard InChI is InChI=1S/C37H39N7O3S/c1-48-34-7-3-2-5-29(34)33-6-4-18-44(33)36(46)30(43-37(47)40-22-23-8-12-26(38)13-9-23)16-17-35(45)41-28-15-11-25-19-24-10-14-27(39)20-31(24)42-32(25)21-28/h2-3,5,7-15,19-21,30,33H,4,6,16-18,22,38-39H2,1H3,(H,41,45)(H2,40,43,47). The van der Waals surface area contributed by atoms with Crippen molar-refractivity contribution >= 4 is 68.5 Å². The van der Waals surface area contributed by atoms with E-state index in [-0.39, 0.29) is 37.2 Å².